The molecule has 0 aliphatic carbocycles. The number of methoxy groups -OCH3 is 1. The maximum Gasteiger partial charge on any atom is 0.341 e. The molecule has 0 aliphatic rings. The highest BCUT2D eigenvalue weighted by atomic mass is 32.2. The van der Waals surface area contributed by atoms with Crippen LogP contribution in [-0.4, -0.2) is 34.6 Å². The first-order valence-corrected chi connectivity index (χ1v) is 6.86. The molecule has 18 heavy (non-hydrogen) atoms. The van der Waals surface area contributed by atoms with E-state index >= 15 is 0 Å². The van der Waals surface area contributed by atoms with Crippen molar-refractivity contribution in [1.29, 1.82) is 0 Å². The van der Waals surface area contributed by atoms with Gasteiger partial charge >= 0.3 is 5.97 Å². The van der Waals surface area contributed by atoms with Crippen LogP contribution in [0.1, 0.15) is 23.2 Å². The first kappa shape index (κ1) is 14.7. The summed E-state index contributed by atoms with van der Waals surface area (Å²) in [6.07, 6.45) is 2.41. The standard InChI is InChI=1S/C10H16N2O5S/c1-16-10(13)8-6-9(17-7-8)18(14,15)12-5-3-2-4-11/h6-7,12H,2-5,11H2,1H3. The molecule has 0 aromatic carbocycles. The summed E-state index contributed by atoms with van der Waals surface area (Å²) in [5.74, 6) is -0.650. The molecule has 0 saturated carbocycles. The first-order chi connectivity index (χ1) is 8.51. The normalized spacial score (nSPS) is 11.4. The van der Waals surface area contributed by atoms with Gasteiger partial charge in [0.2, 0.25) is 5.09 Å². The number of hydrogen-bond acceptors (Lipinski definition) is 6. The van der Waals surface area contributed by atoms with Gasteiger partial charge in [0, 0.05) is 12.6 Å². The van der Waals surface area contributed by atoms with E-state index in [2.05, 4.69) is 9.46 Å². The predicted octanol–water partition coefficient (Wildman–Crippen LogP) is 0.0834. The zero-order chi connectivity index (χ0) is 13.6. The Kier molecular flexibility index (Phi) is 5.32. The largest absolute Gasteiger partial charge is 0.465 e. The second kappa shape index (κ2) is 6.53. The number of furan rings is 1. The number of nitrogens with one attached hydrogen (secondary N) is 1. The van der Waals surface area contributed by atoms with Gasteiger partial charge in [0.25, 0.3) is 10.0 Å². The molecule has 1 aromatic heterocycles. The number of hydrogen-bond donors (Lipinski definition) is 2. The van der Waals surface area contributed by atoms with Crippen molar-refractivity contribution < 1.29 is 22.4 Å². The lowest BCUT2D eigenvalue weighted by Crippen LogP contribution is -2.24. The van der Waals surface area contributed by atoms with Crippen LogP contribution in [0, 0.1) is 0 Å². The van der Waals surface area contributed by atoms with Crippen LogP contribution in [0.25, 0.3) is 0 Å². The molecule has 0 amide bonds. The molecule has 1 aromatic rings. The van der Waals surface area contributed by atoms with Crippen molar-refractivity contribution in [3.8, 4) is 0 Å². The van der Waals surface area contributed by atoms with Crippen molar-refractivity contribution in [3.05, 3.63) is 17.9 Å². The van der Waals surface area contributed by atoms with Gasteiger partial charge in [0.1, 0.15) is 6.26 Å². The van der Waals surface area contributed by atoms with Gasteiger partial charge < -0.3 is 14.9 Å². The van der Waals surface area contributed by atoms with Crippen LogP contribution < -0.4 is 10.5 Å². The fourth-order valence-electron chi connectivity index (χ4n) is 1.23. The van der Waals surface area contributed by atoms with Crippen LogP contribution in [0.5, 0.6) is 0 Å². The van der Waals surface area contributed by atoms with Crippen LogP contribution >= 0.6 is 0 Å². The molecular weight excluding hydrogens is 260 g/mol. The number of carbonyl (C=O) groups is 1. The third-order valence-corrected chi connectivity index (χ3v) is 3.51. The van der Waals surface area contributed by atoms with Gasteiger partial charge in [-0.3, -0.25) is 0 Å². The highest BCUT2D eigenvalue weighted by molar-refractivity contribution is 7.89. The minimum absolute atomic E-state index is 0.0554. The Morgan fingerprint density at radius 3 is 2.83 bits per heavy atom. The summed E-state index contributed by atoms with van der Waals surface area (Å²) in [6, 6.07) is 1.12. The van der Waals surface area contributed by atoms with Crippen molar-refractivity contribution in [2.75, 3.05) is 20.2 Å². The van der Waals surface area contributed by atoms with Crippen LogP contribution in [0.3, 0.4) is 0 Å². The third kappa shape index (κ3) is 3.83. The average molecular weight is 276 g/mol. The lowest BCUT2D eigenvalue weighted by molar-refractivity contribution is 0.0600. The molecule has 7 nitrogen and oxygen atoms in total. The van der Waals surface area contributed by atoms with Gasteiger partial charge in [-0.25, -0.2) is 17.9 Å². The maximum atomic E-state index is 11.7. The van der Waals surface area contributed by atoms with E-state index in [9.17, 15) is 13.2 Å². The van der Waals surface area contributed by atoms with Crippen molar-refractivity contribution in [3.63, 3.8) is 0 Å². The maximum absolute atomic E-state index is 11.7. The summed E-state index contributed by atoms with van der Waals surface area (Å²) in [7, 11) is -2.52. The second-order valence-corrected chi connectivity index (χ2v) is 5.24. The Hall–Kier alpha value is -1.38. The molecule has 0 spiro atoms. The van der Waals surface area contributed by atoms with Gasteiger partial charge in [-0.1, -0.05) is 0 Å². The van der Waals surface area contributed by atoms with Crippen LogP contribution in [0.4, 0.5) is 0 Å². The van der Waals surface area contributed by atoms with Crippen LogP contribution in [0.15, 0.2) is 21.8 Å². The molecule has 0 saturated heterocycles. The Bertz CT molecular complexity index is 494. The Labute approximate surface area is 105 Å². The smallest absolute Gasteiger partial charge is 0.341 e. The number of carbonyl (C=O) groups excluding carboxylic acids is 1. The summed E-state index contributed by atoms with van der Waals surface area (Å²) in [5, 5.41) is -0.310. The number of rotatable bonds is 7. The number of ether oxygens (including phenoxy) is 1. The SMILES string of the molecule is COC(=O)c1coc(S(=O)(=O)NCCCCN)c1. The quantitative estimate of drug-likeness (QED) is 0.539. The lowest BCUT2D eigenvalue weighted by atomic mass is 10.3. The van der Waals surface area contributed by atoms with Gasteiger partial charge in [-0.05, 0) is 19.4 Å². The number of sulfonamides is 1. The lowest BCUT2D eigenvalue weighted by Gasteiger charge is -2.02. The molecular formula is C10H16N2O5S. The van der Waals surface area contributed by atoms with E-state index in [4.69, 9.17) is 10.2 Å². The highest BCUT2D eigenvalue weighted by Crippen LogP contribution is 2.14. The topological polar surface area (TPSA) is 112 Å². The minimum atomic E-state index is -3.73. The molecule has 0 fully saturated rings. The monoisotopic (exact) mass is 276 g/mol. The summed E-state index contributed by atoms with van der Waals surface area (Å²) in [6.45, 7) is 0.781. The number of nitrogens with two attached hydrogens (primary N) is 1. The molecule has 1 heterocycles. The molecule has 3 N–H and O–H groups in total. The Morgan fingerprint density at radius 1 is 1.50 bits per heavy atom. The highest BCUT2D eigenvalue weighted by Gasteiger charge is 2.20. The zero-order valence-corrected chi connectivity index (χ0v) is 10.8. The average Bonchev–Trinajstić information content (AvgIpc) is 2.84. The number of unbranched alkanes of at least 4 members (excludes halogenated alkanes) is 1. The fourth-order valence-corrected chi connectivity index (χ4v) is 2.24. The van der Waals surface area contributed by atoms with Crippen molar-refractivity contribution >= 4 is 16.0 Å². The number of esters is 1. The Morgan fingerprint density at radius 2 is 2.22 bits per heavy atom. The van der Waals surface area contributed by atoms with Gasteiger partial charge in [0.05, 0.1) is 12.7 Å². The van der Waals surface area contributed by atoms with Crippen LogP contribution in [0.2, 0.25) is 0 Å². The summed E-state index contributed by atoms with van der Waals surface area (Å²) < 4.78 is 35.1. The first-order valence-electron chi connectivity index (χ1n) is 5.38. The summed E-state index contributed by atoms with van der Waals surface area (Å²) >= 11 is 0. The molecule has 0 atom stereocenters. The molecule has 102 valence electrons. The van der Waals surface area contributed by atoms with Crippen LogP contribution in [-0.2, 0) is 14.8 Å². The summed E-state index contributed by atoms with van der Waals surface area (Å²) in [5.41, 5.74) is 5.35. The van der Waals surface area contributed by atoms with Crippen molar-refractivity contribution in [1.82, 2.24) is 4.72 Å². The van der Waals surface area contributed by atoms with E-state index in [-0.39, 0.29) is 17.2 Å². The van der Waals surface area contributed by atoms with Gasteiger partial charge in [-0.2, -0.15) is 0 Å². The fraction of sp³-hybridized carbons (Fsp3) is 0.500. The van der Waals surface area contributed by atoms with Gasteiger partial charge in [0.15, 0.2) is 0 Å². The second-order valence-electron chi connectivity index (χ2n) is 3.54. The molecule has 0 unspecified atom stereocenters. The van der Waals surface area contributed by atoms with E-state index in [1.165, 1.54) is 7.11 Å². The molecule has 0 bridgehead atoms. The predicted molar refractivity (Wildman–Crippen MR) is 63.5 cm³/mol. The van der Waals surface area contributed by atoms with E-state index in [0.29, 0.717) is 13.0 Å². The Balaban J connectivity index is 2.67. The van der Waals surface area contributed by atoms with E-state index < -0.39 is 16.0 Å². The molecule has 0 radical (unpaired) electrons. The zero-order valence-electron chi connectivity index (χ0n) is 10.0. The molecule has 1 rings (SSSR count). The third-order valence-electron chi connectivity index (χ3n) is 2.18. The van der Waals surface area contributed by atoms with E-state index in [1.807, 2.05) is 0 Å². The van der Waals surface area contributed by atoms with E-state index in [1.54, 1.807) is 0 Å². The minimum Gasteiger partial charge on any atom is -0.465 e. The summed E-state index contributed by atoms with van der Waals surface area (Å²) in [4.78, 5) is 11.1. The molecule has 8 heteroatoms. The van der Waals surface area contributed by atoms with Crippen molar-refractivity contribution in [2.45, 2.75) is 17.9 Å². The molecule has 0 aliphatic heterocycles. The van der Waals surface area contributed by atoms with Crippen molar-refractivity contribution in [2.24, 2.45) is 5.73 Å². The van der Waals surface area contributed by atoms with Gasteiger partial charge in [-0.15, -0.1) is 0 Å². The van der Waals surface area contributed by atoms with E-state index in [0.717, 1.165) is 18.8 Å².